The Balaban J connectivity index is 0.000000920. The van der Waals surface area contributed by atoms with Gasteiger partial charge in [-0.15, -0.1) is 0 Å². The Kier molecular flexibility index (Phi) is 20.7. The number of rotatable bonds is 9. The lowest BCUT2D eigenvalue weighted by molar-refractivity contribution is 0.100. The van der Waals surface area contributed by atoms with Crippen LogP contribution in [0.4, 0.5) is 0 Å². The van der Waals surface area contributed by atoms with Crippen molar-refractivity contribution in [2.45, 2.75) is 146 Å². The molecule has 1 aliphatic rings. The lowest BCUT2D eigenvalue weighted by Crippen LogP contribution is -2.14. The first-order valence-electron chi connectivity index (χ1n) is 16.3. The fraction of sp³-hybridized carbons (Fsp3) is 0.611. The summed E-state index contributed by atoms with van der Waals surface area (Å²) in [5.74, 6) is 0.272. The summed E-state index contributed by atoms with van der Waals surface area (Å²) in [7, 11) is 0. The van der Waals surface area contributed by atoms with Crippen molar-refractivity contribution in [3.8, 4) is 11.1 Å². The van der Waals surface area contributed by atoms with E-state index in [1.807, 2.05) is 40.7 Å². The molecule has 3 aromatic rings. The molecular weight excluding hydrogens is 490 g/mol. The molecule has 0 radical (unpaired) electrons. The number of primary amides is 1. The Bertz CT molecular complexity index is 1080. The van der Waals surface area contributed by atoms with Crippen molar-refractivity contribution in [3.05, 3.63) is 52.8 Å². The third-order valence-corrected chi connectivity index (χ3v) is 6.87. The molecule has 0 spiro atoms. The third-order valence-electron chi connectivity index (χ3n) is 6.87. The molecule has 1 aromatic heterocycles. The first-order chi connectivity index (χ1) is 19.4. The predicted octanol–water partition coefficient (Wildman–Crippen LogP) is 11.3. The van der Waals surface area contributed by atoms with Gasteiger partial charge in [0, 0.05) is 5.56 Å². The number of carbonyl (C=O) groups excluding carboxylic acids is 1. The number of unbranched alkanes of at least 4 members (excludes halogenated alkanes) is 4. The maximum absolute atomic E-state index is 11.9. The van der Waals surface area contributed by atoms with Crippen LogP contribution in [0.2, 0.25) is 0 Å². The molecule has 1 fully saturated rings. The molecule has 4 nitrogen and oxygen atoms in total. The summed E-state index contributed by atoms with van der Waals surface area (Å²) < 4.78 is 0. The maximum Gasteiger partial charge on any atom is 0.251 e. The van der Waals surface area contributed by atoms with Crippen LogP contribution in [0.25, 0.3) is 22.2 Å². The van der Waals surface area contributed by atoms with Gasteiger partial charge in [0.1, 0.15) is 0 Å². The van der Waals surface area contributed by atoms with E-state index < -0.39 is 5.91 Å². The zero-order valence-electron chi connectivity index (χ0n) is 27.7. The fourth-order valence-corrected chi connectivity index (χ4v) is 4.82. The molecule has 1 amide bonds. The number of H-pyrrole nitrogens is 1. The van der Waals surface area contributed by atoms with Gasteiger partial charge in [-0.2, -0.15) is 0 Å². The van der Waals surface area contributed by atoms with Gasteiger partial charge in [-0.3, -0.25) is 4.79 Å². The van der Waals surface area contributed by atoms with Gasteiger partial charge in [0.05, 0.1) is 22.9 Å². The molecule has 0 atom stereocenters. The standard InChI is InChI=1S/C22H25N3O.C7H16.C3H8.2C2H6/c1-3-5-14-8-9-16(11-17(14)15-6-4-7-15)18-10-13(2)19(22(23)26)21-20(18)24-12-25-21;1-3-5-7-6-4-2;1-3-2;2*1-2/h8-12,15H,3-7H2,1-2H3,(H2,23,26)(H,24,25);3-7H2,1-2H3;3H2,1-2H3;2*1-2H3. The molecule has 0 unspecified atom stereocenters. The summed E-state index contributed by atoms with van der Waals surface area (Å²) in [6.07, 6.45) is 16.1. The lowest BCUT2D eigenvalue weighted by Gasteiger charge is -2.28. The number of hydrogen-bond acceptors (Lipinski definition) is 2. The minimum atomic E-state index is -0.420. The quantitative estimate of drug-likeness (QED) is 0.260. The van der Waals surface area contributed by atoms with Crippen LogP contribution in [0.5, 0.6) is 0 Å². The van der Waals surface area contributed by atoms with Gasteiger partial charge in [0.15, 0.2) is 0 Å². The molecule has 4 heteroatoms. The summed E-state index contributed by atoms with van der Waals surface area (Å²) in [6, 6.07) is 8.87. The van der Waals surface area contributed by atoms with Crippen molar-refractivity contribution >= 4 is 16.9 Å². The minimum Gasteiger partial charge on any atom is -0.366 e. The van der Waals surface area contributed by atoms with E-state index in [2.05, 4.69) is 62.8 Å². The van der Waals surface area contributed by atoms with E-state index in [9.17, 15) is 4.79 Å². The van der Waals surface area contributed by atoms with Crippen LogP contribution in [0.15, 0.2) is 30.6 Å². The van der Waals surface area contributed by atoms with Gasteiger partial charge in [0.25, 0.3) is 5.91 Å². The number of nitrogens with one attached hydrogen (secondary N) is 1. The highest BCUT2D eigenvalue weighted by molar-refractivity contribution is 6.09. The van der Waals surface area contributed by atoms with Gasteiger partial charge in [0.2, 0.25) is 0 Å². The van der Waals surface area contributed by atoms with Crippen LogP contribution in [-0.4, -0.2) is 15.9 Å². The van der Waals surface area contributed by atoms with Crippen LogP contribution in [0, 0.1) is 6.92 Å². The van der Waals surface area contributed by atoms with E-state index in [1.54, 1.807) is 6.33 Å². The van der Waals surface area contributed by atoms with Crippen molar-refractivity contribution in [1.82, 2.24) is 9.97 Å². The average Bonchev–Trinajstić information content (AvgIpc) is 3.41. The Labute approximate surface area is 247 Å². The highest BCUT2D eigenvalue weighted by atomic mass is 16.1. The lowest BCUT2D eigenvalue weighted by atomic mass is 9.76. The van der Waals surface area contributed by atoms with Gasteiger partial charge in [-0.25, -0.2) is 4.98 Å². The fourth-order valence-electron chi connectivity index (χ4n) is 4.82. The third kappa shape index (κ3) is 11.1. The van der Waals surface area contributed by atoms with E-state index >= 15 is 0 Å². The second kappa shape index (κ2) is 22.1. The summed E-state index contributed by atoms with van der Waals surface area (Å²) in [5, 5.41) is 0. The Morgan fingerprint density at radius 1 is 0.925 bits per heavy atom. The number of aromatic nitrogens is 2. The number of fused-ring (bicyclic) bond motifs is 1. The Morgan fingerprint density at radius 2 is 1.52 bits per heavy atom. The van der Waals surface area contributed by atoms with Gasteiger partial charge < -0.3 is 10.7 Å². The van der Waals surface area contributed by atoms with Crippen molar-refractivity contribution in [3.63, 3.8) is 0 Å². The van der Waals surface area contributed by atoms with Gasteiger partial charge in [-0.05, 0) is 60.4 Å². The molecule has 1 aliphatic carbocycles. The summed E-state index contributed by atoms with van der Waals surface area (Å²) in [4.78, 5) is 19.4. The molecule has 1 saturated carbocycles. The summed E-state index contributed by atoms with van der Waals surface area (Å²) in [6.45, 7) is 20.9. The molecular formula is C36H61N3O. The van der Waals surface area contributed by atoms with Crippen molar-refractivity contribution in [2.75, 3.05) is 0 Å². The van der Waals surface area contributed by atoms with E-state index in [1.165, 1.54) is 74.5 Å². The molecule has 1 heterocycles. The Morgan fingerprint density at radius 3 is 2.00 bits per heavy atom. The van der Waals surface area contributed by atoms with E-state index in [0.717, 1.165) is 35.0 Å². The zero-order valence-corrected chi connectivity index (χ0v) is 27.7. The topological polar surface area (TPSA) is 71.8 Å². The van der Waals surface area contributed by atoms with Crippen LogP contribution in [0.3, 0.4) is 0 Å². The number of carbonyl (C=O) groups is 1. The number of imidazole rings is 1. The predicted molar refractivity (Wildman–Crippen MR) is 178 cm³/mol. The van der Waals surface area contributed by atoms with Crippen LogP contribution >= 0.6 is 0 Å². The first kappa shape index (κ1) is 37.4. The second-order valence-electron chi connectivity index (χ2n) is 10.2. The molecule has 4 rings (SSSR count). The normalized spacial score (nSPS) is 11.8. The van der Waals surface area contributed by atoms with Crippen LogP contribution in [0.1, 0.15) is 159 Å². The second-order valence-corrected chi connectivity index (χ2v) is 10.2. The molecule has 40 heavy (non-hydrogen) atoms. The number of aromatic amines is 1. The number of aryl methyl sites for hydroxylation is 2. The van der Waals surface area contributed by atoms with Crippen molar-refractivity contribution in [2.24, 2.45) is 5.73 Å². The SMILES string of the molecule is CC.CC.CCC.CCCCCCC.CCCc1ccc(-c2cc(C)c(C(N)=O)c3[nH]cnc23)cc1C1CCC1. The number of amides is 1. The average molecular weight is 552 g/mol. The maximum atomic E-state index is 11.9. The molecule has 226 valence electrons. The number of hydrogen-bond donors (Lipinski definition) is 2. The number of nitrogens with two attached hydrogens (primary N) is 1. The van der Waals surface area contributed by atoms with Gasteiger partial charge in [-0.1, -0.05) is 132 Å². The zero-order chi connectivity index (χ0) is 30.5. The van der Waals surface area contributed by atoms with Crippen LogP contribution in [-0.2, 0) is 6.42 Å². The molecule has 0 aliphatic heterocycles. The highest BCUT2D eigenvalue weighted by Gasteiger charge is 2.23. The molecule has 2 aromatic carbocycles. The van der Waals surface area contributed by atoms with E-state index in [0.29, 0.717) is 11.5 Å². The first-order valence-corrected chi connectivity index (χ1v) is 16.3. The number of benzene rings is 2. The highest BCUT2D eigenvalue weighted by Crippen LogP contribution is 2.41. The molecule has 0 saturated heterocycles. The molecule has 0 bridgehead atoms. The Hall–Kier alpha value is -2.62. The molecule has 3 N–H and O–H groups in total. The summed E-state index contributed by atoms with van der Waals surface area (Å²) >= 11 is 0. The van der Waals surface area contributed by atoms with Crippen LogP contribution < -0.4 is 5.73 Å². The summed E-state index contributed by atoms with van der Waals surface area (Å²) in [5.41, 5.74) is 13.7. The monoisotopic (exact) mass is 551 g/mol. The van der Waals surface area contributed by atoms with Gasteiger partial charge >= 0.3 is 0 Å². The number of nitrogens with zero attached hydrogens (tertiary/aromatic N) is 1. The van der Waals surface area contributed by atoms with Crippen molar-refractivity contribution in [1.29, 1.82) is 0 Å². The van der Waals surface area contributed by atoms with E-state index in [4.69, 9.17) is 5.73 Å². The van der Waals surface area contributed by atoms with Crippen molar-refractivity contribution < 1.29 is 4.79 Å². The minimum absolute atomic E-state index is 0.420. The smallest absolute Gasteiger partial charge is 0.251 e. The van der Waals surface area contributed by atoms with E-state index in [-0.39, 0.29) is 0 Å². The largest absolute Gasteiger partial charge is 0.366 e.